The molecule has 0 amide bonds. The lowest BCUT2D eigenvalue weighted by atomic mass is 10.0. The maximum absolute atomic E-state index is 5.69. The van der Waals surface area contributed by atoms with Gasteiger partial charge in [-0.05, 0) is 52.3 Å². The molecule has 1 atom stereocenters. The van der Waals surface area contributed by atoms with Gasteiger partial charge in [0, 0.05) is 31.9 Å². The zero-order valence-corrected chi connectivity index (χ0v) is 20.1. The second-order valence-electron chi connectivity index (χ2n) is 7.24. The molecule has 28 heavy (non-hydrogen) atoms. The van der Waals surface area contributed by atoms with E-state index in [-0.39, 0.29) is 30.0 Å². The standard InChI is InChI=1S/C21H36N4O2.HI/c1-5-22-21(23-13-8-14-27-16-17-11-12-17)24-15-19(25(2)3)18-9-6-7-10-20(18)26-4;/h6-7,9-10,17,19H,5,8,11-16H2,1-4H3,(H2,22,23,24);1H. The highest BCUT2D eigenvalue weighted by Crippen LogP contribution is 2.29. The molecule has 0 heterocycles. The predicted molar refractivity (Wildman–Crippen MR) is 127 cm³/mol. The molecule has 1 aromatic rings. The highest BCUT2D eigenvalue weighted by atomic mass is 127. The van der Waals surface area contributed by atoms with Crippen LogP contribution in [0.25, 0.3) is 0 Å². The van der Waals surface area contributed by atoms with Gasteiger partial charge < -0.3 is 25.0 Å². The number of hydrogen-bond acceptors (Lipinski definition) is 4. The Kier molecular flexibility index (Phi) is 12.5. The molecule has 7 heteroatoms. The van der Waals surface area contributed by atoms with Crippen molar-refractivity contribution < 1.29 is 9.47 Å². The van der Waals surface area contributed by atoms with Gasteiger partial charge in [-0.1, -0.05) is 18.2 Å². The van der Waals surface area contributed by atoms with Crippen molar-refractivity contribution in [1.29, 1.82) is 0 Å². The molecule has 0 spiro atoms. The third-order valence-electron chi connectivity index (χ3n) is 4.70. The largest absolute Gasteiger partial charge is 0.496 e. The molecule has 6 nitrogen and oxygen atoms in total. The summed E-state index contributed by atoms with van der Waals surface area (Å²) in [5.74, 6) is 2.58. The van der Waals surface area contributed by atoms with Crippen molar-refractivity contribution in [3.05, 3.63) is 29.8 Å². The molecule has 1 saturated carbocycles. The quantitative estimate of drug-likeness (QED) is 0.198. The van der Waals surface area contributed by atoms with Gasteiger partial charge in [-0.3, -0.25) is 4.99 Å². The zero-order chi connectivity index (χ0) is 19.5. The first-order valence-corrected chi connectivity index (χ1v) is 10.0. The van der Waals surface area contributed by atoms with Gasteiger partial charge in [-0.2, -0.15) is 0 Å². The van der Waals surface area contributed by atoms with Gasteiger partial charge in [0.15, 0.2) is 5.96 Å². The number of nitrogens with zero attached hydrogens (tertiary/aromatic N) is 2. The molecule has 1 unspecified atom stereocenters. The van der Waals surface area contributed by atoms with Crippen molar-refractivity contribution in [3.63, 3.8) is 0 Å². The van der Waals surface area contributed by atoms with Crippen LogP contribution in [0.5, 0.6) is 5.75 Å². The topological polar surface area (TPSA) is 58.1 Å². The zero-order valence-electron chi connectivity index (χ0n) is 17.7. The first-order valence-electron chi connectivity index (χ1n) is 10.0. The SMILES string of the molecule is CCNC(=NCC(c1ccccc1OC)N(C)C)NCCCOCC1CC1.I. The van der Waals surface area contributed by atoms with Crippen LogP contribution in [0.15, 0.2) is 29.3 Å². The number of nitrogens with one attached hydrogen (secondary N) is 2. The summed E-state index contributed by atoms with van der Waals surface area (Å²) >= 11 is 0. The normalized spacial score (nSPS) is 15.1. The fourth-order valence-corrected chi connectivity index (χ4v) is 2.92. The van der Waals surface area contributed by atoms with E-state index in [2.05, 4.69) is 42.6 Å². The van der Waals surface area contributed by atoms with Gasteiger partial charge >= 0.3 is 0 Å². The molecule has 0 aliphatic heterocycles. The molecule has 0 radical (unpaired) electrons. The Morgan fingerprint density at radius 3 is 2.64 bits per heavy atom. The molecule has 0 saturated heterocycles. The van der Waals surface area contributed by atoms with Crippen molar-refractivity contribution in [2.75, 3.05) is 54.1 Å². The van der Waals surface area contributed by atoms with E-state index in [1.165, 1.54) is 12.8 Å². The summed E-state index contributed by atoms with van der Waals surface area (Å²) in [6.45, 7) is 6.17. The number of hydrogen-bond donors (Lipinski definition) is 2. The first kappa shape index (κ1) is 25.0. The Balaban J connectivity index is 0.00000392. The summed E-state index contributed by atoms with van der Waals surface area (Å²) < 4.78 is 11.2. The van der Waals surface area contributed by atoms with E-state index in [1.54, 1.807) is 7.11 Å². The number of likely N-dealkylation sites (N-methyl/N-ethyl adjacent to an activating group) is 1. The van der Waals surface area contributed by atoms with Crippen LogP contribution in [0.4, 0.5) is 0 Å². The van der Waals surface area contributed by atoms with Gasteiger partial charge in [0.05, 0.1) is 19.7 Å². The Morgan fingerprint density at radius 2 is 2.00 bits per heavy atom. The predicted octanol–water partition coefficient (Wildman–Crippen LogP) is 3.29. The number of aliphatic imine (C=N–C) groups is 1. The Hall–Kier alpha value is -1.06. The molecular formula is C21H37IN4O2. The van der Waals surface area contributed by atoms with Crippen LogP contribution in [0.1, 0.15) is 37.8 Å². The fourth-order valence-electron chi connectivity index (χ4n) is 2.92. The van der Waals surface area contributed by atoms with Crippen molar-refractivity contribution >= 4 is 29.9 Å². The van der Waals surface area contributed by atoms with Crippen molar-refractivity contribution in [1.82, 2.24) is 15.5 Å². The lowest BCUT2D eigenvalue weighted by Crippen LogP contribution is -2.38. The second kappa shape index (κ2) is 14.0. The fraction of sp³-hybridized carbons (Fsp3) is 0.667. The maximum atomic E-state index is 5.69. The summed E-state index contributed by atoms with van der Waals surface area (Å²) in [4.78, 5) is 6.98. The van der Waals surface area contributed by atoms with Gasteiger partial charge in [-0.25, -0.2) is 0 Å². The molecule has 1 aromatic carbocycles. The molecule has 2 N–H and O–H groups in total. The lowest BCUT2D eigenvalue weighted by molar-refractivity contribution is 0.123. The van der Waals surface area contributed by atoms with Gasteiger partial charge in [0.25, 0.3) is 0 Å². The van der Waals surface area contributed by atoms with Crippen LogP contribution in [-0.4, -0.2) is 64.9 Å². The van der Waals surface area contributed by atoms with Crippen molar-refractivity contribution in [3.8, 4) is 5.75 Å². The third-order valence-corrected chi connectivity index (χ3v) is 4.70. The van der Waals surface area contributed by atoms with Crippen LogP contribution in [-0.2, 0) is 4.74 Å². The highest BCUT2D eigenvalue weighted by molar-refractivity contribution is 14.0. The number of benzene rings is 1. The van der Waals surface area contributed by atoms with E-state index >= 15 is 0 Å². The molecule has 1 aliphatic carbocycles. The Labute approximate surface area is 187 Å². The van der Waals surface area contributed by atoms with Crippen LogP contribution >= 0.6 is 24.0 Å². The number of methoxy groups -OCH3 is 1. The van der Waals surface area contributed by atoms with Crippen molar-refractivity contribution in [2.45, 2.75) is 32.2 Å². The second-order valence-corrected chi connectivity index (χ2v) is 7.24. The molecule has 0 aromatic heterocycles. The molecule has 1 fully saturated rings. The Bertz CT molecular complexity index is 579. The minimum atomic E-state index is 0. The molecular weight excluding hydrogens is 467 g/mol. The van der Waals surface area contributed by atoms with E-state index < -0.39 is 0 Å². The van der Waals surface area contributed by atoms with Gasteiger partial charge in [0.2, 0.25) is 0 Å². The van der Waals surface area contributed by atoms with E-state index in [0.29, 0.717) is 6.54 Å². The van der Waals surface area contributed by atoms with Crippen molar-refractivity contribution in [2.24, 2.45) is 10.9 Å². The number of rotatable bonds is 12. The average molecular weight is 504 g/mol. The summed E-state index contributed by atoms with van der Waals surface area (Å²) in [5, 5.41) is 6.73. The number of guanidine groups is 1. The molecule has 0 bridgehead atoms. The monoisotopic (exact) mass is 504 g/mol. The van der Waals surface area contributed by atoms with Gasteiger partial charge in [0.1, 0.15) is 5.75 Å². The van der Waals surface area contributed by atoms with Crippen LogP contribution in [0, 0.1) is 5.92 Å². The van der Waals surface area contributed by atoms with Gasteiger partial charge in [-0.15, -0.1) is 24.0 Å². The highest BCUT2D eigenvalue weighted by Gasteiger charge is 2.21. The average Bonchev–Trinajstić information content (AvgIpc) is 3.49. The maximum Gasteiger partial charge on any atom is 0.191 e. The van der Waals surface area contributed by atoms with E-state index in [4.69, 9.17) is 14.5 Å². The number of ether oxygens (including phenoxy) is 2. The van der Waals surface area contributed by atoms with Crippen LogP contribution in [0.2, 0.25) is 0 Å². The van der Waals surface area contributed by atoms with Crippen LogP contribution < -0.4 is 15.4 Å². The summed E-state index contributed by atoms with van der Waals surface area (Å²) in [6.07, 6.45) is 3.67. The summed E-state index contributed by atoms with van der Waals surface area (Å²) in [7, 11) is 5.86. The molecule has 160 valence electrons. The van der Waals surface area contributed by atoms with E-state index in [0.717, 1.165) is 55.9 Å². The Morgan fingerprint density at radius 1 is 1.25 bits per heavy atom. The first-order chi connectivity index (χ1) is 13.2. The summed E-state index contributed by atoms with van der Waals surface area (Å²) in [6, 6.07) is 8.30. The van der Waals surface area contributed by atoms with Crippen LogP contribution in [0.3, 0.4) is 0 Å². The number of halogens is 1. The van der Waals surface area contributed by atoms with E-state index in [9.17, 15) is 0 Å². The summed E-state index contributed by atoms with van der Waals surface area (Å²) in [5.41, 5.74) is 1.15. The number of para-hydroxylation sites is 1. The minimum Gasteiger partial charge on any atom is -0.496 e. The van der Waals surface area contributed by atoms with E-state index in [1.807, 2.05) is 18.2 Å². The lowest BCUT2D eigenvalue weighted by Gasteiger charge is -2.25. The minimum absolute atomic E-state index is 0. The third kappa shape index (κ3) is 8.96. The molecule has 1 aliphatic rings. The molecule has 2 rings (SSSR count). The smallest absolute Gasteiger partial charge is 0.191 e.